The molecule has 0 saturated heterocycles. The molecule has 0 unspecified atom stereocenters. The van der Waals surface area contributed by atoms with Crippen molar-refractivity contribution >= 4 is 21.2 Å². The molecule has 0 heterocycles. The van der Waals surface area contributed by atoms with E-state index in [1.165, 1.54) is 18.2 Å². The summed E-state index contributed by atoms with van der Waals surface area (Å²) >= 11 is 0. The molecule has 1 N–H and O–H groups in total. The molecule has 0 radical (unpaired) electrons. The van der Waals surface area contributed by atoms with Crippen LogP contribution in [-0.2, 0) is 14.6 Å². The van der Waals surface area contributed by atoms with Crippen molar-refractivity contribution in [2.24, 2.45) is 0 Å². The van der Waals surface area contributed by atoms with Gasteiger partial charge in [0.1, 0.15) is 10.6 Å². The van der Waals surface area contributed by atoms with Crippen molar-refractivity contribution in [1.82, 2.24) is 0 Å². The van der Waals surface area contributed by atoms with Crippen molar-refractivity contribution in [3.05, 3.63) is 28.3 Å². The molecule has 1 aromatic rings. The Balaban J connectivity index is 3.08. The molecule has 0 bridgehead atoms. The molecule has 0 atom stereocenters. The molecule has 106 valence electrons. The summed E-state index contributed by atoms with van der Waals surface area (Å²) in [6.45, 7) is 0.981. The molecule has 1 rings (SSSR count). The quantitative estimate of drug-likeness (QED) is 0.463. The van der Waals surface area contributed by atoms with Crippen LogP contribution in [0.15, 0.2) is 23.1 Å². The highest BCUT2D eigenvalue weighted by Gasteiger charge is 2.25. The topological polar surface area (TPSA) is 98.5 Å². The van der Waals surface area contributed by atoms with Gasteiger partial charge < -0.3 is 10.1 Å². The Morgan fingerprint density at radius 1 is 1.42 bits per heavy atom. The van der Waals surface area contributed by atoms with Crippen LogP contribution >= 0.6 is 0 Å². The van der Waals surface area contributed by atoms with Crippen molar-refractivity contribution in [1.29, 1.82) is 0 Å². The van der Waals surface area contributed by atoms with Crippen LogP contribution in [0.25, 0.3) is 0 Å². The fourth-order valence-electron chi connectivity index (χ4n) is 1.59. The molecule has 1 aromatic carbocycles. The zero-order valence-electron chi connectivity index (χ0n) is 10.8. The third-order valence-electron chi connectivity index (χ3n) is 2.42. The average Bonchev–Trinajstić information content (AvgIpc) is 2.33. The van der Waals surface area contributed by atoms with Crippen LogP contribution in [0.4, 0.5) is 11.4 Å². The van der Waals surface area contributed by atoms with E-state index in [9.17, 15) is 18.5 Å². The smallest absolute Gasteiger partial charge is 0.310 e. The Hall–Kier alpha value is -1.67. The molecule has 0 aromatic heterocycles. The lowest BCUT2D eigenvalue weighted by atomic mass is 10.2. The highest BCUT2D eigenvalue weighted by molar-refractivity contribution is 7.90. The van der Waals surface area contributed by atoms with E-state index in [1.807, 2.05) is 0 Å². The molecule has 0 aliphatic carbocycles. The Labute approximate surface area is 111 Å². The van der Waals surface area contributed by atoms with Gasteiger partial charge in [0.25, 0.3) is 0 Å². The summed E-state index contributed by atoms with van der Waals surface area (Å²) in [6.07, 6.45) is 1.61. The van der Waals surface area contributed by atoms with Gasteiger partial charge >= 0.3 is 5.69 Å². The number of ether oxygens (including phenoxy) is 1. The summed E-state index contributed by atoms with van der Waals surface area (Å²) in [7, 11) is -2.08. The monoisotopic (exact) mass is 288 g/mol. The van der Waals surface area contributed by atoms with Gasteiger partial charge in [-0.05, 0) is 18.6 Å². The number of hydrogen-bond donors (Lipinski definition) is 1. The number of rotatable bonds is 7. The van der Waals surface area contributed by atoms with Gasteiger partial charge in [-0.25, -0.2) is 8.42 Å². The minimum absolute atomic E-state index is 0.198. The maximum Gasteiger partial charge on any atom is 0.310 e. The van der Waals surface area contributed by atoms with Crippen LogP contribution in [0.3, 0.4) is 0 Å². The highest BCUT2D eigenvalue weighted by Crippen LogP contribution is 2.31. The van der Waals surface area contributed by atoms with E-state index < -0.39 is 20.4 Å². The number of sulfone groups is 1. The van der Waals surface area contributed by atoms with Gasteiger partial charge in [0.05, 0.1) is 4.92 Å². The predicted molar refractivity (Wildman–Crippen MR) is 71.2 cm³/mol. The van der Waals surface area contributed by atoms with Gasteiger partial charge in [-0.1, -0.05) is 6.07 Å². The van der Waals surface area contributed by atoms with Crippen LogP contribution in [0, 0.1) is 10.1 Å². The summed E-state index contributed by atoms with van der Waals surface area (Å²) in [5, 5.41) is 13.9. The Morgan fingerprint density at radius 3 is 2.63 bits per heavy atom. The van der Waals surface area contributed by atoms with E-state index in [0.29, 0.717) is 19.6 Å². The van der Waals surface area contributed by atoms with E-state index >= 15 is 0 Å². The second kappa shape index (κ2) is 6.48. The molecule has 0 amide bonds. The summed E-state index contributed by atoms with van der Waals surface area (Å²) < 4.78 is 27.9. The number of hydrogen-bond acceptors (Lipinski definition) is 6. The minimum Gasteiger partial charge on any atom is -0.385 e. The number of anilines is 1. The first-order valence-electron chi connectivity index (χ1n) is 5.58. The molecular formula is C11H16N2O5S. The first-order valence-corrected chi connectivity index (χ1v) is 7.47. The second-order valence-corrected chi connectivity index (χ2v) is 5.94. The van der Waals surface area contributed by atoms with Crippen LogP contribution in [-0.4, -0.2) is 39.9 Å². The first kappa shape index (κ1) is 15.4. The largest absolute Gasteiger partial charge is 0.385 e. The van der Waals surface area contributed by atoms with E-state index in [4.69, 9.17) is 4.74 Å². The third kappa shape index (κ3) is 4.18. The Kier molecular flexibility index (Phi) is 5.25. The van der Waals surface area contributed by atoms with E-state index in [-0.39, 0.29) is 10.6 Å². The summed E-state index contributed by atoms with van der Waals surface area (Å²) in [6, 6.07) is 4.19. The minimum atomic E-state index is -3.64. The Morgan fingerprint density at radius 2 is 2.11 bits per heavy atom. The van der Waals surface area contributed by atoms with Gasteiger partial charge in [0, 0.05) is 26.5 Å². The third-order valence-corrected chi connectivity index (χ3v) is 3.55. The molecule has 19 heavy (non-hydrogen) atoms. The zero-order valence-corrected chi connectivity index (χ0v) is 11.6. The normalized spacial score (nSPS) is 11.3. The van der Waals surface area contributed by atoms with Gasteiger partial charge in [-0.2, -0.15) is 0 Å². The lowest BCUT2D eigenvalue weighted by Crippen LogP contribution is -2.09. The second-order valence-electron chi connectivity index (χ2n) is 3.95. The van der Waals surface area contributed by atoms with Crippen LogP contribution in [0.5, 0.6) is 0 Å². The lowest BCUT2D eigenvalue weighted by Gasteiger charge is -2.09. The van der Waals surface area contributed by atoms with Crippen molar-refractivity contribution in [2.75, 3.05) is 31.8 Å². The van der Waals surface area contributed by atoms with Crippen molar-refractivity contribution in [3.8, 4) is 0 Å². The number of nitro benzene ring substituents is 1. The van der Waals surface area contributed by atoms with Gasteiger partial charge in [0.2, 0.25) is 0 Å². The molecule has 0 saturated carbocycles. The zero-order chi connectivity index (χ0) is 14.5. The highest BCUT2D eigenvalue weighted by atomic mass is 32.2. The number of para-hydroxylation sites is 1. The molecular weight excluding hydrogens is 272 g/mol. The number of benzene rings is 1. The fraction of sp³-hybridized carbons (Fsp3) is 0.455. The predicted octanol–water partition coefficient (Wildman–Crippen LogP) is 1.45. The fourth-order valence-corrected chi connectivity index (χ4v) is 2.45. The summed E-state index contributed by atoms with van der Waals surface area (Å²) in [5.41, 5.74) is -0.216. The average molecular weight is 288 g/mol. The standard InChI is InChI=1S/C11H16N2O5S/c1-18-8-4-7-12-9-5-3-6-10(19(2,16)17)11(9)13(14)15/h3,5-6,12H,4,7-8H2,1-2H3. The summed E-state index contributed by atoms with van der Waals surface area (Å²) in [5.74, 6) is 0. The van der Waals surface area contributed by atoms with Gasteiger partial charge in [0.15, 0.2) is 9.84 Å². The number of methoxy groups -OCH3 is 1. The number of nitro groups is 1. The van der Waals surface area contributed by atoms with Gasteiger partial charge in [-0.3, -0.25) is 10.1 Å². The van der Waals surface area contributed by atoms with Crippen LogP contribution in [0.1, 0.15) is 6.42 Å². The molecule has 0 aliphatic rings. The van der Waals surface area contributed by atoms with E-state index in [2.05, 4.69) is 5.32 Å². The van der Waals surface area contributed by atoms with E-state index in [1.54, 1.807) is 7.11 Å². The first-order chi connectivity index (χ1) is 8.88. The summed E-state index contributed by atoms with van der Waals surface area (Å²) in [4.78, 5) is 10.1. The van der Waals surface area contributed by atoms with Crippen LogP contribution in [0.2, 0.25) is 0 Å². The van der Waals surface area contributed by atoms with Crippen molar-refractivity contribution in [2.45, 2.75) is 11.3 Å². The lowest BCUT2D eigenvalue weighted by molar-refractivity contribution is -0.386. The molecule has 7 nitrogen and oxygen atoms in total. The van der Waals surface area contributed by atoms with Crippen molar-refractivity contribution in [3.63, 3.8) is 0 Å². The number of nitrogens with one attached hydrogen (secondary N) is 1. The SMILES string of the molecule is COCCCNc1cccc(S(C)(=O)=O)c1[N+](=O)[O-]. The van der Waals surface area contributed by atoms with Crippen molar-refractivity contribution < 1.29 is 18.1 Å². The van der Waals surface area contributed by atoms with Gasteiger partial charge in [-0.15, -0.1) is 0 Å². The molecule has 0 spiro atoms. The number of nitrogens with zero attached hydrogens (tertiary/aromatic N) is 1. The maximum absolute atomic E-state index is 11.5. The Bertz CT molecular complexity index is 556. The molecule has 0 aliphatic heterocycles. The van der Waals surface area contributed by atoms with Crippen LogP contribution < -0.4 is 5.32 Å². The molecule has 8 heteroatoms. The van der Waals surface area contributed by atoms with E-state index in [0.717, 1.165) is 6.26 Å². The maximum atomic E-state index is 11.5. The molecule has 0 fully saturated rings.